The second-order valence-corrected chi connectivity index (χ2v) is 7.07. The summed E-state index contributed by atoms with van der Waals surface area (Å²) in [5.74, 6) is -0.160. The molecule has 0 saturated carbocycles. The van der Waals surface area contributed by atoms with Crippen molar-refractivity contribution in [2.45, 2.75) is 18.6 Å². The van der Waals surface area contributed by atoms with Crippen LogP contribution in [-0.4, -0.2) is 28.2 Å². The molecule has 0 spiro atoms. The van der Waals surface area contributed by atoms with Crippen molar-refractivity contribution in [3.63, 3.8) is 0 Å². The van der Waals surface area contributed by atoms with Gasteiger partial charge in [0.2, 0.25) is 0 Å². The van der Waals surface area contributed by atoms with E-state index in [4.69, 9.17) is 11.6 Å². The van der Waals surface area contributed by atoms with Crippen LogP contribution < -0.4 is 5.32 Å². The van der Waals surface area contributed by atoms with E-state index in [0.717, 1.165) is 0 Å². The van der Waals surface area contributed by atoms with Crippen molar-refractivity contribution in [1.82, 2.24) is 5.32 Å². The number of benzene rings is 1. The Morgan fingerprint density at radius 2 is 2.22 bits per heavy atom. The van der Waals surface area contributed by atoms with Gasteiger partial charge >= 0.3 is 0 Å². The highest BCUT2D eigenvalue weighted by atomic mass is 79.9. The third-order valence-corrected chi connectivity index (χ3v) is 4.84. The van der Waals surface area contributed by atoms with Crippen molar-refractivity contribution < 1.29 is 9.00 Å². The molecule has 0 saturated heterocycles. The molecule has 0 bridgehead atoms. The van der Waals surface area contributed by atoms with E-state index < -0.39 is 10.8 Å². The average Bonchev–Trinajstić information content (AvgIpc) is 2.28. The summed E-state index contributed by atoms with van der Waals surface area (Å²) in [4.78, 5) is 11.9. The molecule has 6 heteroatoms. The first kappa shape index (κ1) is 15.7. The van der Waals surface area contributed by atoms with Gasteiger partial charge in [-0.2, -0.15) is 0 Å². The summed E-state index contributed by atoms with van der Waals surface area (Å²) in [5, 5.41) is 3.46. The summed E-state index contributed by atoms with van der Waals surface area (Å²) in [6.07, 6.45) is 2.36. The van der Waals surface area contributed by atoms with E-state index >= 15 is 0 Å². The molecular weight excluding hydrogens is 338 g/mol. The summed E-state index contributed by atoms with van der Waals surface area (Å²) in [7, 11) is -0.855. The molecule has 0 aliphatic heterocycles. The average molecular weight is 353 g/mol. The van der Waals surface area contributed by atoms with E-state index in [9.17, 15) is 9.00 Å². The number of amides is 1. The maximum Gasteiger partial charge on any atom is 0.252 e. The van der Waals surface area contributed by atoms with E-state index in [-0.39, 0.29) is 11.2 Å². The fraction of sp³-hybridized carbons (Fsp3) is 0.417. The van der Waals surface area contributed by atoms with Gasteiger partial charge in [-0.1, -0.05) is 18.5 Å². The highest BCUT2D eigenvalue weighted by Gasteiger charge is 2.11. The van der Waals surface area contributed by atoms with Gasteiger partial charge in [-0.25, -0.2) is 0 Å². The fourth-order valence-corrected chi connectivity index (χ4v) is 2.64. The second kappa shape index (κ2) is 7.26. The van der Waals surface area contributed by atoms with Crippen LogP contribution >= 0.6 is 27.5 Å². The third-order valence-electron chi connectivity index (χ3n) is 2.58. The Labute approximate surface area is 123 Å². The molecule has 1 rings (SSSR count). The first-order chi connectivity index (χ1) is 8.41. The van der Waals surface area contributed by atoms with E-state index in [1.54, 1.807) is 24.5 Å². The first-order valence-corrected chi connectivity index (χ1v) is 8.26. The molecule has 0 aromatic heterocycles. The van der Waals surface area contributed by atoms with Crippen LogP contribution in [0, 0.1) is 0 Å². The minimum atomic E-state index is -0.855. The van der Waals surface area contributed by atoms with Gasteiger partial charge in [-0.05, 0) is 40.5 Å². The minimum absolute atomic E-state index is 0.0824. The molecule has 2 atom stereocenters. The zero-order chi connectivity index (χ0) is 13.7. The number of carbonyl (C=O) groups is 1. The molecule has 1 amide bonds. The quantitative estimate of drug-likeness (QED) is 0.885. The van der Waals surface area contributed by atoms with Crippen molar-refractivity contribution in [1.29, 1.82) is 0 Å². The lowest BCUT2D eigenvalue weighted by Gasteiger charge is -2.10. The van der Waals surface area contributed by atoms with Crippen LogP contribution in [0.4, 0.5) is 0 Å². The molecule has 0 radical (unpaired) electrons. The van der Waals surface area contributed by atoms with Gasteiger partial charge in [-0.3, -0.25) is 9.00 Å². The van der Waals surface area contributed by atoms with Crippen molar-refractivity contribution in [3.05, 3.63) is 33.3 Å². The highest BCUT2D eigenvalue weighted by Crippen LogP contribution is 2.21. The van der Waals surface area contributed by atoms with Gasteiger partial charge in [0.15, 0.2) is 0 Å². The lowest BCUT2D eigenvalue weighted by atomic mass is 10.2. The van der Waals surface area contributed by atoms with Crippen molar-refractivity contribution in [3.8, 4) is 0 Å². The Morgan fingerprint density at radius 3 is 2.78 bits per heavy atom. The molecule has 2 unspecified atom stereocenters. The molecule has 18 heavy (non-hydrogen) atoms. The number of rotatable bonds is 5. The summed E-state index contributed by atoms with van der Waals surface area (Å²) in [6, 6.07) is 5.02. The van der Waals surface area contributed by atoms with Gasteiger partial charge in [0, 0.05) is 38.3 Å². The van der Waals surface area contributed by atoms with Gasteiger partial charge in [0.1, 0.15) is 0 Å². The second-order valence-electron chi connectivity index (χ2n) is 3.98. The molecule has 3 nitrogen and oxygen atoms in total. The third kappa shape index (κ3) is 4.71. The lowest BCUT2D eigenvalue weighted by molar-refractivity contribution is 0.0952. The maximum atomic E-state index is 11.9. The predicted octanol–water partition coefficient (Wildman–Crippen LogP) is 2.99. The molecule has 1 aromatic rings. The normalized spacial score (nSPS) is 14.0. The first-order valence-electron chi connectivity index (χ1n) is 5.47. The fourth-order valence-electron chi connectivity index (χ4n) is 1.32. The number of nitrogens with one attached hydrogen (secondary N) is 1. The zero-order valence-electron chi connectivity index (χ0n) is 10.2. The number of hydrogen-bond donors (Lipinski definition) is 1. The van der Waals surface area contributed by atoms with Crippen molar-refractivity contribution in [2.75, 3.05) is 12.8 Å². The van der Waals surface area contributed by atoms with Crippen LogP contribution in [0.15, 0.2) is 22.7 Å². The number of halogens is 2. The maximum absolute atomic E-state index is 11.9. The topological polar surface area (TPSA) is 46.2 Å². The Bertz CT molecular complexity index is 467. The van der Waals surface area contributed by atoms with E-state index in [0.29, 0.717) is 28.0 Å². The monoisotopic (exact) mass is 351 g/mol. The van der Waals surface area contributed by atoms with Gasteiger partial charge in [0.25, 0.3) is 5.91 Å². The van der Waals surface area contributed by atoms with Crippen LogP contribution in [0.1, 0.15) is 23.7 Å². The molecule has 100 valence electrons. The summed E-state index contributed by atoms with van der Waals surface area (Å²) in [5.41, 5.74) is 0.546. The Morgan fingerprint density at radius 1 is 1.56 bits per heavy atom. The van der Waals surface area contributed by atoms with E-state index in [1.165, 1.54) is 0 Å². The van der Waals surface area contributed by atoms with Crippen LogP contribution in [0.25, 0.3) is 0 Å². The van der Waals surface area contributed by atoms with Gasteiger partial charge in [-0.15, -0.1) is 0 Å². The molecule has 1 N–H and O–H groups in total. The van der Waals surface area contributed by atoms with Gasteiger partial charge < -0.3 is 5.32 Å². The van der Waals surface area contributed by atoms with Crippen LogP contribution in [0.2, 0.25) is 5.02 Å². The zero-order valence-corrected chi connectivity index (χ0v) is 13.4. The lowest BCUT2D eigenvalue weighted by Crippen LogP contribution is -2.27. The standard InChI is InChI=1S/C12H15BrClNO2S/c1-8(18(2)17)5-6-15-12(16)10-4-3-9(14)7-11(10)13/h3-4,7-8H,5-6H2,1-2H3,(H,15,16). The van der Waals surface area contributed by atoms with Crippen LogP contribution in [0.5, 0.6) is 0 Å². The Kier molecular flexibility index (Phi) is 6.32. The largest absolute Gasteiger partial charge is 0.352 e. The molecule has 0 fully saturated rings. The summed E-state index contributed by atoms with van der Waals surface area (Å²) >= 11 is 9.10. The molecule has 1 aromatic carbocycles. The van der Waals surface area contributed by atoms with E-state index in [1.807, 2.05) is 6.92 Å². The Hall–Kier alpha value is -0.390. The predicted molar refractivity (Wildman–Crippen MR) is 79.6 cm³/mol. The van der Waals surface area contributed by atoms with E-state index in [2.05, 4.69) is 21.2 Å². The van der Waals surface area contributed by atoms with Crippen LogP contribution in [-0.2, 0) is 10.8 Å². The molecule has 0 heterocycles. The smallest absolute Gasteiger partial charge is 0.252 e. The number of carbonyl (C=O) groups excluding carboxylic acids is 1. The number of hydrogen-bond acceptors (Lipinski definition) is 2. The minimum Gasteiger partial charge on any atom is -0.352 e. The van der Waals surface area contributed by atoms with Crippen molar-refractivity contribution in [2.24, 2.45) is 0 Å². The molecule has 0 aliphatic rings. The summed E-state index contributed by atoms with van der Waals surface area (Å²) < 4.78 is 11.8. The van der Waals surface area contributed by atoms with Gasteiger partial charge in [0.05, 0.1) is 5.56 Å². The molecular formula is C12H15BrClNO2S. The Balaban J connectivity index is 2.53. The molecule has 0 aliphatic carbocycles. The van der Waals surface area contributed by atoms with Crippen molar-refractivity contribution >= 4 is 44.2 Å². The van der Waals surface area contributed by atoms with Crippen LogP contribution in [0.3, 0.4) is 0 Å². The highest BCUT2D eigenvalue weighted by molar-refractivity contribution is 9.10. The summed E-state index contributed by atoms with van der Waals surface area (Å²) in [6.45, 7) is 2.41. The SMILES string of the molecule is CC(CCNC(=O)c1ccc(Cl)cc1Br)S(C)=O.